The molecule has 1 aliphatic heterocycles. The van der Waals surface area contributed by atoms with Gasteiger partial charge in [0.05, 0.1) is 12.0 Å². The third-order valence-electron chi connectivity index (χ3n) is 6.66. The van der Waals surface area contributed by atoms with E-state index in [9.17, 15) is 5.21 Å². The van der Waals surface area contributed by atoms with E-state index >= 15 is 0 Å². The Balaban J connectivity index is 2.09. The Hall–Kier alpha value is -1.20. The first-order valence-electron chi connectivity index (χ1n) is 10.3. The van der Waals surface area contributed by atoms with Crippen LogP contribution in [-0.2, 0) is 10.2 Å². The number of hydrogen-bond donors (Lipinski definition) is 1. The van der Waals surface area contributed by atoms with Gasteiger partial charge < -0.3 is 14.7 Å². The summed E-state index contributed by atoms with van der Waals surface area (Å²) in [6.45, 7) is 11.1. The maximum absolute atomic E-state index is 9.78. The molecule has 1 aromatic carbocycles. The maximum Gasteiger partial charge on any atom is 0.150 e. The van der Waals surface area contributed by atoms with E-state index < -0.39 is 0 Å². The zero-order chi connectivity index (χ0) is 20.7. The normalized spacial score (nSPS) is 27.4. The number of unbranched alkanes of at least 4 members (excludes halogenated alkanes) is 1. The fourth-order valence-electron chi connectivity index (χ4n) is 4.86. The zero-order valence-electron chi connectivity index (χ0n) is 18.3. The highest BCUT2D eigenvalue weighted by Crippen LogP contribution is 2.54. The van der Waals surface area contributed by atoms with Crippen molar-refractivity contribution in [2.75, 3.05) is 13.4 Å². The fraction of sp³-hybridized carbons (Fsp3) is 0.696. The van der Waals surface area contributed by atoms with Gasteiger partial charge in [0.25, 0.3) is 0 Å². The van der Waals surface area contributed by atoms with Gasteiger partial charge in [0.1, 0.15) is 17.6 Å². The molecule has 4 nitrogen and oxygen atoms in total. The lowest BCUT2D eigenvalue weighted by atomic mass is 9.67. The molecule has 2 aliphatic rings. The van der Waals surface area contributed by atoms with Gasteiger partial charge in [0, 0.05) is 23.0 Å². The molecule has 1 heterocycles. The van der Waals surface area contributed by atoms with Crippen LogP contribution >= 0.6 is 11.8 Å². The molecule has 0 aromatic heterocycles. The summed E-state index contributed by atoms with van der Waals surface area (Å²) < 4.78 is 12.4. The van der Waals surface area contributed by atoms with Crippen LogP contribution in [-0.4, -0.2) is 36.5 Å². The lowest BCUT2D eigenvalue weighted by molar-refractivity contribution is 0.0194. The van der Waals surface area contributed by atoms with Crippen LogP contribution in [0.4, 0.5) is 0 Å². The van der Waals surface area contributed by atoms with Crippen LogP contribution in [0.5, 0.6) is 5.75 Å². The predicted octanol–water partition coefficient (Wildman–Crippen LogP) is 6.00. The summed E-state index contributed by atoms with van der Waals surface area (Å²) in [5, 5.41) is 13.5. The van der Waals surface area contributed by atoms with E-state index in [-0.39, 0.29) is 29.0 Å². The summed E-state index contributed by atoms with van der Waals surface area (Å²) >= 11 is 1.77. The maximum atomic E-state index is 9.78. The van der Waals surface area contributed by atoms with Gasteiger partial charge in [0.2, 0.25) is 0 Å². The second kappa shape index (κ2) is 7.91. The SMILES string of the molecule is CCCCC(C)(C)c1cc2c(c(SC)c1)C1C(OC)CC(C)(C)C(=NO)C1O2. The molecule has 28 heavy (non-hydrogen) atoms. The molecule has 0 spiro atoms. The molecule has 3 unspecified atom stereocenters. The number of oxime groups is 1. The van der Waals surface area contributed by atoms with Gasteiger partial charge in [-0.3, -0.25) is 0 Å². The number of ether oxygens (including phenoxy) is 2. The highest BCUT2D eigenvalue weighted by atomic mass is 32.2. The van der Waals surface area contributed by atoms with Gasteiger partial charge in [0.15, 0.2) is 0 Å². The van der Waals surface area contributed by atoms with Crippen molar-refractivity contribution in [3.63, 3.8) is 0 Å². The standard InChI is InChI=1S/C23H35NO3S/c1-8-9-10-22(2,3)14-11-15-18(17(12-14)28-7)19-16(26-6)13-23(4,5)21(24-25)20(19)27-15/h11-12,16,19-20,25H,8-10,13H2,1-7H3. The summed E-state index contributed by atoms with van der Waals surface area (Å²) in [5.74, 6) is 0.997. The average Bonchev–Trinajstić information content (AvgIpc) is 3.03. The van der Waals surface area contributed by atoms with Crippen LogP contribution in [0.3, 0.4) is 0 Å². The van der Waals surface area contributed by atoms with Crippen LogP contribution in [0, 0.1) is 5.41 Å². The molecular weight excluding hydrogens is 370 g/mol. The lowest BCUT2D eigenvalue weighted by Gasteiger charge is -2.42. The molecule has 0 saturated heterocycles. The molecule has 0 radical (unpaired) electrons. The van der Waals surface area contributed by atoms with Gasteiger partial charge in [-0.1, -0.05) is 52.6 Å². The monoisotopic (exact) mass is 405 g/mol. The van der Waals surface area contributed by atoms with Gasteiger partial charge in [-0.25, -0.2) is 0 Å². The molecule has 0 bridgehead atoms. The topological polar surface area (TPSA) is 51.0 Å². The Morgan fingerprint density at radius 3 is 2.64 bits per heavy atom. The van der Waals surface area contributed by atoms with Crippen molar-refractivity contribution >= 4 is 17.5 Å². The first kappa shape index (κ1) is 21.5. The molecular formula is C23H35NO3S. The van der Waals surface area contributed by atoms with Crippen molar-refractivity contribution in [2.45, 2.75) is 88.7 Å². The van der Waals surface area contributed by atoms with Gasteiger partial charge in [-0.15, -0.1) is 11.8 Å². The Morgan fingerprint density at radius 1 is 1.36 bits per heavy atom. The Morgan fingerprint density at radius 2 is 2.07 bits per heavy atom. The minimum atomic E-state index is -0.270. The molecule has 5 heteroatoms. The molecule has 1 aliphatic carbocycles. The number of hydrogen-bond acceptors (Lipinski definition) is 5. The Bertz CT molecular complexity index is 756. The molecule has 1 aromatic rings. The summed E-state index contributed by atoms with van der Waals surface area (Å²) in [4.78, 5) is 1.25. The van der Waals surface area contributed by atoms with E-state index in [0.29, 0.717) is 0 Å². The minimum absolute atomic E-state index is 0.0385. The van der Waals surface area contributed by atoms with Crippen molar-refractivity contribution in [2.24, 2.45) is 10.6 Å². The molecule has 3 rings (SSSR count). The molecule has 1 fully saturated rings. The average molecular weight is 406 g/mol. The van der Waals surface area contributed by atoms with Gasteiger partial charge in [-0.05, 0) is 42.2 Å². The largest absolute Gasteiger partial charge is 0.483 e. The van der Waals surface area contributed by atoms with Gasteiger partial charge >= 0.3 is 0 Å². The number of fused-ring (bicyclic) bond motifs is 3. The number of thioether (sulfide) groups is 1. The number of nitrogens with zero attached hydrogens (tertiary/aromatic N) is 1. The third-order valence-corrected chi connectivity index (χ3v) is 7.44. The Kier molecular flexibility index (Phi) is 6.07. The fourth-order valence-corrected chi connectivity index (χ4v) is 5.56. The van der Waals surface area contributed by atoms with Crippen LogP contribution < -0.4 is 4.74 Å². The van der Waals surface area contributed by atoms with E-state index in [1.807, 2.05) is 0 Å². The number of benzene rings is 1. The van der Waals surface area contributed by atoms with E-state index in [0.717, 1.165) is 24.3 Å². The van der Waals surface area contributed by atoms with Gasteiger partial charge in [-0.2, -0.15) is 0 Å². The highest BCUT2D eigenvalue weighted by molar-refractivity contribution is 7.98. The number of rotatable bonds is 6. The molecule has 1 saturated carbocycles. The quantitative estimate of drug-likeness (QED) is 0.358. The number of methoxy groups -OCH3 is 1. The Labute approximate surface area is 174 Å². The van der Waals surface area contributed by atoms with Crippen molar-refractivity contribution in [3.8, 4) is 5.75 Å². The van der Waals surface area contributed by atoms with Crippen LogP contribution in [0.15, 0.2) is 22.2 Å². The van der Waals surface area contributed by atoms with E-state index in [1.54, 1.807) is 18.9 Å². The molecule has 3 atom stereocenters. The smallest absolute Gasteiger partial charge is 0.150 e. The van der Waals surface area contributed by atoms with Crippen molar-refractivity contribution in [3.05, 3.63) is 23.3 Å². The zero-order valence-corrected chi connectivity index (χ0v) is 19.2. The first-order valence-corrected chi connectivity index (χ1v) is 11.6. The summed E-state index contributed by atoms with van der Waals surface area (Å²) in [6.07, 6.45) is 6.27. The first-order chi connectivity index (χ1) is 13.2. The summed E-state index contributed by atoms with van der Waals surface area (Å²) in [7, 11) is 1.78. The van der Waals surface area contributed by atoms with E-state index in [2.05, 4.69) is 58.2 Å². The summed E-state index contributed by atoms with van der Waals surface area (Å²) in [5.41, 5.74) is 3.09. The van der Waals surface area contributed by atoms with E-state index in [1.165, 1.54) is 28.9 Å². The highest BCUT2D eigenvalue weighted by Gasteiger charge is 2.54. The summed E-state index contributed by atoms with van der Waals surface area (Å²) in [6, 6.07) is 4.56. The van der Waals surface area contributed by atoms with Crippen molar-refractivity contribution in [1.82, 2.24) is 0 Å². The second-order valence-corrected chi connectivity index (χ2v) is 10.3. The third kappa shape index (κ3) is 3.56. The van der Waals surface area contributed by atoms with Crippen LogP contribution in [0.2, 0.25) is 0 Å². The lowest BCUT2D eigenvalue weighted by Crippen LogP contribution is -2.50. The van der Waals surface area contributed by atoms with Crippen molar-refractivity contribution < 1.29 is 14.7 Å². The van der Waals surface area contributed by atoms with Crippen molar-refractivity contribution in [1.29, 1.82) is 0 Å². The molecule has 1 N–H and O–H groups in total. The molecule has 0 amide bonds. The van der Waals surface area contributed by atoms with E-state index in [4.69, 9.17) is 9.47 Å². The second-order valence-electron chi connectivity index (χ2n) is 9.49. The minimum Gasteiger partial charge on any atom is -0.483 e. The van der Waals surface area contributed by atoms with Crippen LogP contribution in [0.25, 0.3) is 0 Å². The van der Waals surface area contributed by atoms with Crippen LogP contribution in [0.1, 0.15) is 77.3 Å². The molecule has 156 valence electrons. The predicted molar refractivity (Wildman–Crippen MR) is 116 cm³/mol.